The molecule has 92 valence electrons. The molecule has 0 unspecified atom stereocenters. The largest absolute Gasteiger partial charge is 0.334 e. The normalized spacial score (nSPS) is 15.7. The van der Waals surface area contributed by atoms with Crippen molar-refractivity contribution in [3.05, 3.63) is 35.4 Å². The average Bonchev–Trinajstić information content (AvgIpc) is 2.37. The van der Waals surface area contributed by atoms with Crippen molar-refractivity contribution in [2.24, 2.45) is 0 Å². The lowest BCUT2D eigenvalue weighted by Gasteiger charge is -2.27. The minimum atomic E-state index is 0.0352. The van der Waals surface area contributed by atoms with E-state index in [0.717, 1.165) is 31.7 Å². The summed E-state index contributed by atoms with van der Waals surface area (Å²) < 4.78 is 0. The molecule has 0 radical (unpaired) electrons. The van der Waals surface area contributed by atoms with Gasteiger partial charge in [-0.15, -0.1) is 0 Å². The van der Waals surface area contributed by atoms with Crippen molar-refractivity contribution in [3.8, 4) is 0 Å². The Labute approximate surface area is 102 Å². The highest BCUT2D eigenvalue weighted by molar-refractivity contribution is 5.74. The number of piperazine rings is 1. The predicted octanol–water partition coefficient (Wildman–Crippen LogP) is 1.11. The Morgan fingerprint density at radius 2 is 2.18 bits per heavy atom. The molecule has 4 nitrogen and oxygen atoms in total. The highest BCUT2D eigenvalue weighted by Gasteiger charge is 2.15. The fraction of sp³-hybridized carbons (Fsp3) is 0.462. The van der Waals surface area contributed by atoms with Gasteiger partial charge in [-0.05, 0) is 12.5 Å². The second kappa shape index (κ2) is 5.68. The first kappa shape index (κ1) is 11.9. The van der Waals surface area contributed by atoms with Crippen LogP contribution in [-0.4, -0.2) is 37.1 Å². The molecule has 0 atom stereocenters. The van der Waals surface area contributed by atoms with Crippen LogP contribution in [0.5, 0.6) is 0 Å². The van der Waals surface area contributed by atoms with E-state index >= 15 is 0 Å². The van der Waals surface area contributed by atoms with Crippen LogP contribution < -0.4 is 10.6 Å². The minimum absolute atomic E-state index is 0.0352. The Kier molecular flexibility index (Phi) is 3.98. The van der Waals surface area contributed by atoms with Gasteiger partial charge in [-0.2, -0.15) is 0 Å². The molecule has 1 aliphatic heterocycles. The van der Waals surface area contributed by atoms with Crippen LogP contribution in [0.3, 0.4) is 0 Å². The number of amides is 2. The number of hydrogen-bond acceptors (Lipinski definition) is 2. The van der Waals surface area contributed by atoms with Crippen molar-refractivity contribution >= 4 is 6.03 Å². The molecule has 0 aliphatic carbocycles. The van der Waals surface area contributed by atoms with Gasteiger partial charge in [-0.25, -0.2) is 4.79 Å². The number of carbonyl (C=O) groups excluding carboxylic acids is 1. The van der Waals surface area contributed by atoms with E-state index < -0.39 is 0 Å². The Morgan fingerprint density at radius 3 is 2.88 bits per heavy atom. The molecule has 0 spiro atoms. The van der Waals surface area contributed by atoms with E-state index in [1.807, 2.05) is 17.0 Å². The highest BCUT2D eigenvalue weighted by Crippen LogP contribution is 2.03. The molecule has 2 N–H and O–H groups in total. The van der Waals surface area contributed by atoms with Gasteiger partial charge in [-0.3, -0.25) is 0 Å². The first-order valence-electron chi connectivity index (χ1n) is 6.05. The molecule has 1 aromatic carbocycles. The maximum atomic E-state index is 11.8. The number of carbonyl (C=O) groups is 1. The Balaban J connectivity index is 1.83. The molecule has 0 aromatic heterocycles. The predicted molar refractivity (Wildman–Crippen MR) is 67.9 cm³/mol. The monoisotopic (exact) mass is 233 g/mol. The van der Waals surface area contributed by atoms with Crippen molar-refractivity contribution in [2.75, 3.05) is 26.2 Å². The average molecular weight is 233 g/mol. The molecule has 1 fully saturated rings. The lowest BCUT2D eigenvalue weighted by Crippen LogP contribution is -2.50. The summed E-state index contributed by atoms with van der Waals surface area (Å²) in [5, 5.41) is 6.18. The standard InChI is InChI=1S/C13H19N3O/c1-11-3-2-4-12(9-11)10-15-13(17)16-7-5-14-6-8-16/h2-4,9,14H,5-8,10H2,1H3,(H,15,17). The van der Waals surface area contributed by atoms with E-state index in [2.05, 4.69) is 29.7 Å². The minimum Gasteiger partial charge on any atom is -0.334 e. The number of hydrogen-bond donors (Lipinski definition) is 2. The molecule has 0 bridgehead atoms. The van der Waals surface area contributed by atoms with Crippen LogP contribution in [0.2, 0.25) is 0 Å². The van der Waals surface area contributed by atoms with Gasteiger partial charge >= 0.3 is 6.03 Å². The lowest BCUT2D eigenvalue weighted by molar-refractivity contribution is 0.190. The Hall–Kier alpha value is -1.55. The molecular formula is C13H19N3O. The molecule has 4 heteroatoms. The van der Waals surface area contributed by atoms with Crippen LogP contribution in [0.15, 0.2) is 24.3 Å². The van der Waals surface area contributed by atoms with E-state index in [0.29, 0.717) is 6.54 Å². The molecule has 17 heavy (non-hydrogen) atoms. The summed E-state index contributed by atoms with van der Waals surface area (Å²) in [5.74, 6) is 0. The first-order valence-corrected chi connectivity index (χ1v) is 6.05. The van der Waals surface area contributed by atoms with Crippen LogP contribution in [-0.2, 0) is 6.54 Å². The Bertz CT molecular complexity index is 386. The third kappa shape index (κ3) is 3.46. The van der Waals surface area contributed by atoms with Crippen LogP contribution in [0.1, 0.15) is 11.1 Å². The highest BCUT2D eigenvalue weighted by atomic mass is 16.2. The zero-order valence-corrected chi connectivity index (χ0v) is 10.2. The van der Waals surface area contributed by atoms with Crippen LogP contribution in [0.25, 0.3) is 0 Å². The number of urea groups is 1. The fourth-order valence-electron chi connectivity index (χ4n) is 1.98. The van der Waals surface area contributed by atoms with Crippen molar-refractivity contribution < 1.29 is 4.79 Å². The number of nitrogens with one attached hydrogen (secondary N) is 2. The molecule has 0 saturated carbocycles. The molecule has 1 aliphatic rings. The maximum Gasteiger partial charge on any atom is 0.317 e. The summed E-state index contributed by atoms with van der Waals surface area (Å²) in [6, 6.07) is 8.24. The van der Waals surface area contributed by atoms with Gasteiger partial charge in [0.25, 0.3) is 0 Å². The molecule has 1 aromatic rings. The van der Waals surface area contributed by atoms with E-state index in [4.69, 9.17) is 0 Å². The second-order valence-corrected chi connectivity index (χ2v) is 4.38. The van der Waals surface area contributed by atoms with Gasteiger partial charge in [0, 0.05) is 32.7 Å². The summed E-state index contributed by atoms with van der Waals surface area (Å²) in [6.07, 6.45) is 0. The Morgan fingerprint density at radius 1 is 1.41 bits per heavy atom. The van der Waals surface area contributed by atoms with Crippen molar-refractivity contribution in [3.63, 3.8) is 0 Å². The molecule has 1 heterocycles. The van der Waals surface area contributed by atoms with Crippen LogP contribution >= 0.6 is 0 Å². The molecule has 2 rings (SSSR count). The fourth-order valence-corrected chi connectivity index (χ4v) is 1.98. The van der Waals surface area contributed by atoms with E-state index in [1.54, 1.807) is 0 Å². The van der Waals surface area contributed by atoms with Gasteiger partial charge < -0.3 is 15.5 Å². The zero-order valence-electron chi connectivity index (χ0n) is 10.2. The number of aryl methyl sites for hydroxylation is 1. The first-order chi connectivity index (χ1) is 8.25. The number of rotatable bonds is 2. The second-order valence-electron chi connectivity index (χ2n) is 4.38. The summed E-state index contributed by atoms with van der Waals surface area (Å²) >= 11 is 0. The van der Waals surface area contributed by atoms with Crippen LogP contribution in [0.4, 0.5) is 4.79 Å². The molecule has 2 amide bonds. The van der Waals surface area contributed by atoms with Crippen LogP contribution in [0, 0.1) is 6.92 Å². The lowest BCUT2D eigenvalue weighted by atomic mass is 10.1. The SMILES string of the molecule is Cc1cccc(CNC(=O)N2CCNCC2)c1. The van der Waals surface area contributed by atoms with Gasteiger partial charge in [0.1, 0.15) is 0 Å². The van der Waals surface area contributed by atoms with Gasteiger partial charge in [0.15, 0.2) is 0 Å². The smallest absolute Gasteiger partial charge is 0.317 e. The van der Waals surface area contributed by atoms with E-state index in [1.165, 1.54) is 5.56 Å². The van der Waals surface area contributed by atoms with E-state index in [9.17, 15) is 4.79 Å². The third-order valence-corrected chi connectivity index (χ3v) is 2.93. The molecular weight excluding hydrogens is 214 g/mol. The molecule has 1 saturated heterocycles. The maximum absolute atomic E-state index is 11.8. The summed E-state index contributed by atoms with van der Waals surface area (Å²) in [5.41, 5.74) is 2.37. The quantitative estimate of drug-likeness (QED) is 0.803. The summed E-state index contributed by atoms with van der Waals surface area (Å²) in [7, 11) is 0. The number of benzene rings is 1. The van der Waals surface area contributed by atoms with Crippen molar-refractivity contribution in [2.45, 2.75) is 13.5 Å². The summed E-state index contributed by atoms with van der Waals surface area (Å²) in [6.45, 7) is 6.01. The van der Waals surface area contributed by atoms with Crippen molar-refractivity contribution in [1.82, 2.24) is 15.5 Å². The number of nitrogens with zero attached hydrogens (tertiary/aromatic N) is 1. The van der Waals surface area contributed by atoms with Crippen molar-refractivity contribution in [1.29, 1.82) is 0 Å². The summed E-state index contributed by atoms with van der Waals surface area (Å²) in [4.78, 5) is 13.7. The van der Waals surface area contributed by atoms with Gasteiger partial charge in [0.2, 0.25) is 0 Å². The third-order valence-electron chi connectivity index (χ3n) is 2.93. The van der Waals surface area contributed by atoms with E-state index in [-0.39, 0.29) is 6.03 Å². The topological polar surface area (TPSA) is 44.4 Å². The van der Waals surface area contributed by atoms with Gasteiger partial charge in [-0.1, -0.05) is 29.8 Å². The zero-order chi connectivity index (χ0) is 12.1. The van der Waals surface area contributed by atoms with Gasteiger partial charge in [0.05, 0.1) is 0 Å².